The maximum atomic E-state index is 12.4. The first-order valence-electron chi connectivity index (χ1n) is 7.64. The lowest BCUT2D eigenvalue weighted by Crippen LogP contribution is -2.45. The van der Waals surface area contributed by atoms with Crippen LogP contribution in [-0.2, 0) is 11.2 Å². The monoisotopic (exact) mass is 275 g/mol. The molecule has 1 aromatic carbocycles. The van der Waals surface area contributed by atoms with Gasteiger partial charge < -0.3 is 9.64 Å². The zero-order valence-electron chi connectivity index (χ0n) is 12.8. The molecule has 1 aliphatic rings. The molecular weight excluding hydrogens is 250 g/mol. The molecule has 110 valence electrons. The lowest BCUT2D eigenvalue weighted by Gasteiger charge is -2.32. The topological polar surface area (TPSA) is 29.5 Å². The minimum absolute atomic E-state index is 0.108. The molecule has 0 aromatic heterocycles. The second-order valence-corrected chi connectivity index (χ2v) is 5.79. The van der Waals surface area contributed by atoms with Gasteiger partial charge in [-0.3, -0.25) is 4.79 Å². The van der Waals surface area contributed by atoms with Gasteiger partial charge in [-0.2, -0.15) is 0 Å². The summed E-state index contributed by atoms with van der Waals surface area (Å²) in [6.07, 6.45) is 2.93. The molecule has 1 aliphatic heterocycles. The number of hydrogen-bond donors (Lipinski definition) is 0. The Balaban J connectivity index is 1.92. The van der Waals surface area contributed by atoms with Gasteiger partial charge in [-0.15, -0.1) is 0 Å². The van der Waals surface area contributed by atoms with Crippen molar-refractivity contribution in [2.75, 3.05) is 13.1 Å². The van der Waals surface area contributed by atoms with Gasteiger partial charge in [0.1, 0.15) is 5.75 Å². The Morgan fingerprint density at radius 2 is 2.10 bits per heavy atom. The fourth-order valence-electron chi connectivity index (χ4n) is 2.70. The number of ether oxygens (including phenoxy) is 1. The average Bonchev–Trinajstić information content (AvgIpc) is 2.47. The van der Waals surface area contributed by atoms with Gasteiger partial charge in [0.15, 0.2) is 6.10 Å². The third-order valence-corrected chi connectivity index (χ3v) is 3.96. The Labute approximate surface area is 121 Å². The van der Waals surface area contributed by atoms with Crippen molar-refractivity contribution in [2.24, 2.45) is 5.92 Å². The van der Waals surface area contributed by atoms with Crippen molar-refractivity contribution in [2.45, 2.75) is 46.1 Å². The number of rotatable bonds is 4. The molecule has 0 unspecified atom stereocenters. The second kappa shape index (κ2) is 6.78. The van der Waals surface area contributed by atoms with Gasteiger partial charge in [-0.05, 0) is 49.8 Å². The highest BCUT2D eigenvalue weighted by atomic mass is 16.5. The highest BCUT2D eigenvalue weighted by Crippen LogP contribution is 2.19. The lowest BCUT2D eigenvalue weighted by atomic mass is 10.00. The number of carbonyl (C=O) groups is 1. The van der Waals surface area contributed by atoms with Crippen molar-refractivity contribution in [3.63, 3.8) is 0 Å². The van der Waals surface area contributed by atoms with Crippen molar-refractivity contribution in [1.82, 2.24) is 4.90 Å². The molecule has 2 rings (SSSR count). The lowest BCUT2D eigenvalue weighted by molar-refractivity contribution is -0.139. The molecule has 0 saturated carbocycles. The van der Waals surface area contributed by atoms with Crippen LogP contribution in [0.4, 0.5) is 0 Å². The third kappa shape index (κ3) is 3.75. The molecular formula is C17H25NO2. The summed E-state index contributed by atoms with van der Waals surface area (Å²) in [7, 11) is 0. The normalized spacial score (nSPS) is 20.6. The van der Waals surface area contributed by atoms with E-state index in [0.717, 1.165) is 31.7 Å². The number of aryl methyl sites for hydroxylation is 1. The summed E-state index contributed by atoms with van der Waals surface area (Å²) in [5, 5.41) is 0. The minimum atomic E-state index is -0.409. The summed E-state index contributed by atoms with van der Waals surface area (Å²) in [6.45, 7) is 7.90. The molecule has 1 amide bonds. The fourth-order valence-corrected chi connectivity index (χ4v) is 2.70. The van der Waals surface area contributed by atoms with Crippen LogP contribution in [0, 0.1) is 5.92 Å². The van der Waals surface area contributed by atoms with E-state index in [0.29, 0.717) is 5.92 Å². The van der Waals surface area contributed by atoms with Crippen molar-refractivity contribution in [3.05, 3.63) is 29.8 Å². The summed E-state index contributed by atoms with van der Waals surface area (Å²) in [4.78, 5) is 14.3. The van der Waals surface area contributed by atoms with Gasteiger partial charge in [-0.25, -0.2) is 0 Å². The molecule has 20 heavy (non-hydrogen) atoms. The Morgan fingerprint density at radius 1 is 1.40 bits per heavy atom. The maximum Gasteiger partial charge on any atom is 0.263 e. The molecule has 2 atom stereocenters. The van der Waals surface area contributed by atoms with Gasteiger partial charge in [0.05, 0.1) is 0 Å². The molecule has 1 fully saturated rings. The predicted molar refractivity (Wildman–Crippen MR) is 80.9 cm³/mol. The van der Waals surface area contributed by atoms with Crippen LogP contribution in [0.5, 0.6) is 5.75 Å². The van der Waals surface area contributed by atoms with Gasteiger partial charge >= 0.3 is 0 Å². The quantitative estimate of drug-likeness (QED) is 0.844. The van der Waals surface area contributed by atoms with Gasteiger partial charge in [-0.1, -0.05) is 26.0 Å². The minimum Gasteiger partial charge on any atom is -0.481 e. The van der Waals surface area contributed by atoms with E-state index in [2.05, 4.69) is 26.0 Å². The van der Waals surface area contributed by atoms with E-state index in [-0.39, 0.29) is 5.91 Å². The van der Waals surface area contributed by atoms with E-state index in [1.807, 2.05) is 24.0 Å². The number of nitrogens with zero attached hydrogens (tertiary/aromatic N) is 1. The summed E-state index contributed by atoms with van der Waals surface area (Å²) in [5.74, 6) is 1.48. The zero-order valence-corrected chi connectivity index (χ0v) is 12.8. The molecule has 0 radical (unpaired) electrons. The van der Waals surface area contributed by atoms with Crippen molar-refractivity contribution >= 4 is 5.91 Å². The number of benzene rings is 1. The van der Waals surface area contributed by atoms with Crippen molar-refractivity contribution in [1.29, 1.82) is 0 Å². The molecule has 1 heterocycles. The molecule has 3 nitrogen and oxygen atoms in total. The van der Waals surface area contributed by atoms with E-state index in [1.165, 1.54) is 12.0 Å². The third-order valence-electron chi connectivity index (χ3n) is 3.96. The number of piperidine rings is 1. The molecule has 1 saturated heterocycles. The molecule has 3 heteroatoms. The Bertz CT molecular complexity index is 441. The first-order valence-corrected chi connectivity index (χ1v) is 7.64. The van der Waals surface area contributed by atoms with Crippen molar-refractivity contribution in [3.8, 4) is 5.75 Å². The Morgan fingerprint density at radius 3 is 2.70 bits per heavy atom. The fraction of sp³-hybridized carbons (Fsp3) is 0.588. The van der Waals surface area contributed by atoms with Gasteiger partial charge in [0.2, 0.25) is 0 Å². The summed E-state index contributed by atoms with van der Waals surface area (Å²) >= 11 is 0. The van der Waals surface area contributed by atoms with Crippen LogP contribution < -0.4 is 4.74 Å². The van der Waals surface area contributed by atoms with E-state index in [4.69, 9.17) is 4.74 Å². The van der Waals surface area contributed by atoms with Crippen LogP contribution in [0.1, 0.15) is 39.2 Å². The highest BCUT2D eigenvalue weighted by molar-refractivity contribution is 5.81. The number of amides is 1. The van der Waals surface area contributed by atoms with Crippen LogP contribution in [-0.4, -0.2) is 30.0 Å². The van der Waals surface area contributed by atoms with E-state index < -0.39 is 6.10 Å². The van der Waals surface area contributed by atoms with Crippen LogP contribution in [0.15, 0.2) is 24.3 Å². The molecule has 0 aliphatic carbocycles. The summed E-state index contributed by atoms with van der Waals surface area (Å²) < 4.78 is 5.77. The van der Waals surface area contributed by atoms with Gasteiger partial charge in [0, 0.05) is 13.1 Å². The maximum absolute atomic E-state index is 12.4. The SMILES string of the molecule is CCc1ccc(O[C@@H](C)C(=O)N2CCC[C@H](C)C2)cc1. The zero-order chi connectivity index (χ0) is 14.5. The summed E-state index contributed by atoms with van der Waals surface area (Å²) in [6, 6.07) is 7.99. The summed E-state index contributed by atoms with van der Waals surface area (Å²) in [5.41, 5.74) is 1.28. The number of carbonyl (C=O) groups excluding carboxylic acids is 1. The largest absolute Gasteiger partial charge is 0.481 e. The van der Waals surface area contributed by atoms with Crippen molar-refractivity contribution < 1.29 is 9.53 Å². The Kier molecular flexibility index (Phi) is 5.05. The highest BCUT2D eigenvalue weighted by Gasteiger charge is 2.25. The van der Waals surface area contributed by atoms with Crippen LogP contribution in [0.2, 0.25) is 0 Å². The van der Waals surface area contributed by atoms with Crippen LogP contribution in [0.25, 0.3) is 0 Å². The molecule has 0 bridgehead atoms. The first kappa shape index (κ1) is 14.9. The van der Waals surface area contributed by atoms with E-state index in [1.54, 1.807) is 0 Å². The smallest absolute Gasteiger partial charge is 0.263 e. The Hall–Kier alpha value is -1.51. The van der Waals surface area contributed by atoms with Crippen LogP contribution in [0.3, 0.4) is 0 Å². The molecule has 0 spiro atoms. The van der Waals surface area contributed by atoms with E-state index in [9.17, 15) is 4.79 Å². The van der Waals surface area contributed by atoms with Gasteiger partial charge in [0.25, 0.3) is 5.91 Å². The van der Waals surface area contributed by atoms with Crippen LogP contribution >= 0.6 is 0 Å². The number of likely N-dealkylation sites (tertiary alicyclic amines) is 1. The first-order chi connectivity index (χ1) is 9.60. The standard InChI is InChI=1S/C17H25NO2/c1-4-15-7-9-16(10-8-15)20-14(3)17(19)18-11-5-6-13(2)12-18/h7-10,13-14H,4-6,11-12H2,1-3H3/t13-,14-/m0/s1. The van der Waals surface area contributed by atoms with E-state index >= 15 is 0 Å². The molecule has 0 N–H and O–H groups in total. The second-order valence-electron chi connectivity index (χ2n) is 5.79. The average molecular weight is 275 g/mol. The molecule has 1 aromatic rings. The predicted octanol–water partition coefficient (Wildman–Crippen LogP) is 3.27. The number of hydrogen-bond acceptors (Lipinski definition) is 2.